The van der Waals surface area contributed by atoms with Gasteiger partial charge < -0.3 is 10.3 Å². The first kappa shape index (κ1) is 7.63. The Morgan fingerprint density at radius 1 is 1.80 bits per heavy atom. The summed E-state index contributed by atoms with van der Waals surface area (Å²) in [6.45, 7) is 0.626. The van der Waals surface area contributed by atoms with E-state index in [0.717, 1.165) is 12.1 Å². The second-order valence-corrected chi connectivity index (χ2v) is 2.64. The predicted molar refractivity (Wildman–Crippen MR) is 41.9 cm³/mol. The zero-order valence-electron chi connectivity index (χ0n) is 5.53. The molecule has 2 N–H and O–H groups in total. The first-order valence-corrected chi connectivity index (χ1v) is 3.64. The Hall–Kier alpha value is -0.480. The van der Waals surface area contributed by atoms with Crippen LogP contribution >= 0.6 is 12.6 Å². The van der Waals surface area contributed by atoms with Gasteiger partial charge in [-0.25, -0.2) is 0 Å². The molecule has 1 heterocycles. The standard InChI is InChI=1S/C6H10N2OS/c7-3-1-6(10)5-2-4-9-8-5/h2,4,6,10H,1,3,7H2. The molecule has 1 aromatic rings. The summed E-state index contributed by atoms with van der Waals surface area (Å²) in [6.07, 6.45) is 2.37. The van der Waals surface area contributed by atoms with Crippen LogP contribution in [0.3, 0.4) is 0 Å². The smallest absolute Gasteiger partial charge is 0.124 e. The second-order valence-electron chi connectivity index (χ2n) is 2.02. The molecule has 4 heteroatoms. The van der Waals surface area contributed by atoms with Crippen molar-refractivity contribution in [1.82, 2.24) is 5.16 Å². The van der Waals surface area contributed by atoms with Gasteiger partial charge in [-0.2, -0.15) is 12.6 Å². The van der Waals surface area contributed by atoms with E-state index in [0.29, 0.717) is 6.54 Å². The summed E-state index contributed by atoms with van der Waals surface area (Å²) in [4.78, 5) is 0. The number of thiol groups is 1. The molecule has 0 radical (unpaired) electrons. The molecule has 1 aromatic heterocycles. The summed E-state index contributed by atoms with van der Waals surface area (Å²) in [7, 11) is 0. The van der Waals surface area contributed by atoms with Gasteiger partial charge in [-0.1, -0.05) is 5.16 Å². The largest absolute Gasteiger partial charge is 0.364 e. The zero-order chi connectivity index (χ0) is 7.40. The molecule has 1 rings (SSSR count). The van der Waals surface area contributed by atoms with Crippen molar-refractivity contribution in [1.29, 1.82) is 0 Å². The van der Waals surface area contributed by atoms with Crippen LogP contribution in [0.4, 0.5) is 0 Å². The highest BCUT2D eigenvalue weighted by atomic mass is 32.1. The number of nitrogens with zero attached hydrogens (tertiary/aromatic N) is 1. The fourth-order valence-electron chi connectivity index (χ4n) is 0.700. The lowest BCUT2D eigenvalue weighted by molar-refractivity contribution is 0.410. The van der Waals surface area contributed by atoms with Crippen molar-refractivity contribution in [2.24, 2.45) is 5.73 Å². The number of rotatable bonds is 3. The minimum Gasteiger partial charge on any atom is -0.364 e. The highest BCUT2D eigenvalue weighted by Gasteiger charge is 2.06. The normalized spacial score (nSPS) is 13.4. The van der Waals surface area contributed by atoms with E-state index in [1.165, 1.54) is 6.26 Å². The molecular weight excluding hydrogens is 148 g/mol. The maximum atomic E-state index is 5.33. The summed E-state index contributed by atoms with van der Waals surface area (Å²) in [5.74, 6) is 0. The fourth-order valence-corrected chi connectivity index (χ4v) is 0.982. The molecule has 1 atom stereocenters. The summed E-state index contributed by atoms with van der Waals surface area (Å²) in [6, 6.07) is 1.80. The van der Waals surface area contributed by atoms with Crippen LogP contribution in [0.1, 0.15) is 17.4 Å². The van der Waals surface area contributed by atoms with Gasteiger partial charge in [-0.05, 0) is 13.0 Å². The van der Waals surface area contributed by atoms with E-state index in [2.05, 4.69) is 22.3 Å². The van der Waals surface area contributed by atoms with Crippen LogP contribution in [-0.2, 0) is 0 Å². The molecule has 0 saturated heterocycles. The van der Waals surface area contributed by atoms with E-state index in [-0.39, 0.29) is 5.25 Å². The molecule has 3 nitrogen and oxygen atoms in total. The van der Waals surface area contributed by atoms with E-state index in [1.54, 1.807) is 6.07 Å². The maximum Gasteiger partial charge on any atom is 0.124 e. The second kappa shape index (κ2) is 3.63. The van der Waals surface area contributed by atoms with Gasteiger partial charge in [0.05, 0.1) is 5.69 Å². The summed E-state index contributed by atoms with van der Waals surface area (Å²) >= 11 is 4.26. The van der Waals surface area contributed by atoms with Gasteiger partial charge in [0.1, 0.15) is 6.26 Å². The molecule has 0 bridgehead atoms. The lowest BCUT2D eigenvalue weighted by Crippen LogP contribution is -2.02. The van der Waals surface area contributed by atoms with Gasteiger partial charge in [0.25, 0.3) is 0 Å². The van der Waals surface area contributed by atoms with Gasteiger partial charge in [0.2, 0.25) is 0 Å². The fraction of sp³-hybridized carbons (Fsp3) is 0.500. The van der Waals surface area contributed by atoms with Crippen LogP contribution in [-0.4, -0.2) is 11.7 Å². The zero-order valence-corrected chi connectivity index (χ0v) is 6.42. The monoisotopic (exact) mass is 158 g/mol. The number of hydrogen-bond acceptors (Lipinski definition) is 4. The Balaban J connectivity index is 2.50. The Morgan fingerprint density at radius 2 is 2.60 bits per heavy atom. The molecule has 0 spiro atoms. The maximum absolute atomic E-state index is 5.33. The molecule has 0 amide bonds. The van der Waals surface area contributed by atoms with Crippen LogP contribution < -0.4 is 5.73 Å². The minimum atomic E-state index is 0.115. The Kier molecular flexibility index (Phi) is 2.77. The van der Waals surface area contributed by atoms with Crippen molar-refractivity contribution in [3.05, 3.63) is 18.0 Å². The number of aromatic nitrogens is 1. The Bertz CT molecular complexity index is 176. The summed E-state index contributed by atoms with van der Waals surface area (Å²) in [5.41, 5.74) is 6.18. The highest BCUT2D eigenvalue weighted by molar-refractivity contribution is 7.80. The lowest BCUT2D eigenvalue weighted by Gasteiger charge is -2.02. The van der Waals surface area contributed by atoms with Crippen LogP contribution in [0.25, 0.3) is 0 Å². The highest BCUT2D eigenvalue weighted by Crippen LogP contribution is 2.20. The SMILES string of the molecule is NCCC(S)c1ccon1. The molecule has 0 aromatic carbocycles. The number of hydrogen-bond donors (Lipinski definition) is 2. The van der Waals surface area contributed by atoms with Gasteiger partial charge in [-0.3, -0.25) is 0 Å². The average molecular weight is 158 g/mol. The van der Waals surface area contributed by atoms with Crippen molar-refractivity contribution < 1.29 is 4.52 Å². The molecular formula is C6H10N2OS. The predicted octanol–water partition coefficient (Wildman–Crippen LogP) is 0.994. The van der Waals surface area contributed by atoms with Crippen molar-refractivity contribution in [3.63, 3.8) is 0 Å². The molecule has 0 aliphatic carbocycles. The number of nitrogens with two attached hydrogens (primary N) is 1. The van der Waals surface area contributed by atoms with Crippen LogP contribution in [0.5, 0.6) is 0 Å². The molecule has 0 fully saturated rings. The van der Waals surface area contributed by atoms with E-state index >= 15 is 0 Å². The van der Waals surface area contributed by atoms with Crippen LogP contribution in [0.15, 0.2) is 16.9 Å². The van der Waals surface area contributed by atoms with Crippen molar-refractivity contribution in [2.45, 2.75) is 11.7 Å². The Morgan fingerprint density at radius 3 is 3.10 bits per heavy atom. The Labute approximate surface area is 65.0 Å². The summed E-state index contributed by atoms with van der Waals surface area (Å²) < 4.78 is 4.64. The van der Waals surface area contributed by atoms with Crippen molar-refractivity contribution in [3.8, 4) is 0 Å². The lowest BCUT2D eigenvalue weighted by atomic mass is 10.2. The first-order valence-electron chi connectivity index (χ1n) is 3.13. The first-order chi connectivity index (χ1) is 4.84. The third-order valence-electron chi connectivity index (χ3n) is 1.24. The summed E-state index contributed by atoms with van der Waals surface area (Å²) in [5, 5.41) is 3.84. The molecule has 0 aliphatic heterocycles. The molecule has 56 valence electrons. The van der Waals surface area contributed by atoms with Crippen molar-refractivity contribution in [2.75, 3.05) is 6.54 Å². The molecule has 0 saturated carbocycles. The third-order valence-corrected chi connectivity index (χ3v) is 1.76. The van der Waals surface area contributed by atoms with Gasteiger partial charge in [0, 0.05) is 11.3 Å². The van der Waals surface area contributed by atoms with E-state index in [1.807, 2.05) is 0 Å². The quantitative estimate of drug-likeness (QED) is 0.645. The third kappa shape index (κ3) is 1.75. The van der Waals surface area contributed by atoms with E-state index in [4.69, 9.17) is 5.73 Å². The topological polar surface area (TPSA) is 52.0 Å². The minimum absolute atomic E-state index is 0.115. The van der Waals surface area contributed by atoms with E-state index in [9.17, 15) is 0 Å². The van der Waals surface area contributed by atoms with Crippen LogP contribution in [0, 0.1) is 0 Å². The molecule has 1 unspecified atom stereocenters. The average Bonchev–Trinajstić information content (AvgIpc) is 2.38. The van der Waals surface area contributed by atoms with Crippen molar-refractivity contribution >= 4 is 12.6 Å². The van der Waals surface area contributed by atoms with Crippen LogP contribution in [0.2, 0.25) is 0 Å². The van der Waals surface area contributed by atoms with E-state index < -0.39 is 0 Å². The van der Waals surface area contributed by atoms with Gasteiger partial charge >= 0.3 is 0 Å². The molecule has 0 aliphatic rings. The van der Waals surface area contributed by atoms with Gasteiger partial charge in [0.15, 0.2) is 0 Å². The van der Waals surface area contributed by atoms with Gasteiger partial charge in [-0.15, -0.1) is 0 Å². The molecule has 10 heavy (non-hydrogen) atoms.